The van der Waals surface area contributed by atoms with Gasteiger partial charge in [0.1, 0.15) is 10.5 Å². The number of hydrogen-bond acceptors (Lipinski definition) is 4. The Bertz CT molecular complexity index is 1200. The van der Waals surface area contributed by atoms with E-state index in [4.69, 9.17) is 4.74 Å². The van der Waals surface area contributed by atoms with Crippen molar-refractivity contribution in [2.45, 2.75) is 22.6 Å². The number of ether oxygens (including phenoxy) is 1. The smallest absolute Gasteiger partial charge is 0.248 e. The van der Waals surface area contributed by atoms with Crippen molar-refractivity contribution >= 4 is 23.4 Å². The molecule has 5 heteroatoms. The quantitative estimate of drug-likeness (QED) is 0.352. The molecule has 1 atom stereocenters. The Labute approximate surface area is 198 Å². The van der Waals surface area contributed by atoms with E-state index in [1.807, 2.05) is 71.6 Å². The average molecular weight is 453 g/mol. The third kappa shape index (κ3) is 4.12. The number of rotatable bonds is 7. The van der Waals surface area contributed by atoms with Crippen molar-refractivity contribution in [2.75, 3.05) is 12.0 Å². The summed E-state index contributed by atoms with van der Waals surface area (Å²) in [6, 6.07) is 30.2. The number of carbonyl (C=O) groups excluding carboxylic acids is 1. The van der Waals surface area contributed by atoms with Crippen molar-refractivity contribution in [1.82, 2.24) is 4.98 Å². The number of fused-ring (bicyclic) bond motifs is 1. The predicted octanol–water partition coefficient (Wildman–Crippen LogP) is 5.87. The van der Waals surface area contributed by atoms with Crippen LogP contribution < -0.4 is 9.64 Å². The van der Waals surface area contributed by atoms with Crippen molar-refractivity contribution in [3.63, 3.8) is 0 Å². The van der Waals surface area contributed by atoms with Gasteiger partial charge < -0.3 is 9.64 Å². The molecule has 0 saturated carbocycles. The molecule has 4 aromatic rings. The summed E-state index contributed by atoms with van der Waals surface area (Å²) in [5, 5.41) is 0. The fourth-order valence-electron chi connectivity index (χ4n) is 4.35. The van der Waals surface area contributed by atoms with E-state index in [0.717, 1.165) is 33.0 Å². The van der Waals surface area contributed by atoms with Crippen LogP contribution >= 0.6 is 11.8 Å². The summed E-state index contributed by atoms with van der Waals surface area (Å²) in [5.74, 6) is 0.906. The maximum atomic E-state index is 14.3. The Morgan fingerprint density at radius 1 is 0.848 bits per heavy atom. The first kappa shape index (κ1) is 21.3. The maximum Gasteiger partial charge on any atom is 0.248 e. The number of benzene rings is 3. The van der Waals surface area contributed by atoms with Crippen molar-refractivity contribution in [3.8, 4) is 5.75 Å². The van der Waals surface area contributed by atoms with Crippen molar-refractivity contribution < 1.29 is 9.53 Å². The fraction of sp³-hybridized carbons (Fsp3) is 0.143. The summed E-state index contributed by atoms with van der Waals surface area (Å²) in [6.07, 6.45) is 4.16. The van der Waals surface area contributed by atoms with Gasteiger partial charge in [-0.1, -0.05) is 48.5 Å². The molecule has 0 bridgehead atoms. The number of amides is 1. The lowest BCUT2D eigenvalue weighted by atomic mass is 9.92. The SMILES string of the molecule is COc1ccc(CN2C(=O)C(Cc3ccncc3)(Sc3ccccc3)c3ccccc32)cc1. The molecule has 3 aromatic carbocycles. The van der Waals surface area contributed by atoms with Gasteiger partial charge in [0, 0.05) is 35.0 Å². The van der Waals surface area contributed by atoms with E-state index in [9.17, 15) is 4.79 Å². The van der Waals surface area contributed by atoms with Crippen LogP contribution in [0.25, 0.3) is 0 Å². The number of pyridine rings is 1. The number of thioether (sulfide) groups is 1. The minimum Gasteiger partial charge on any atom is -0.497 e. The summed E-state index contributed by atoms with van der Waals surface area (Å²) in [7, 11) is 1.66. The lowest BCUT2D eigenvalue weighted by molar-refractivity contribution is -0.120. The molecule has 1 aromatic heterocycles. The van der Waals surface area contributed by atoms with E-state index in [0.29, 0.717) is 13.0 Å². The molecule has 0 fully saturated rings. The highest BCUT2D eigenvalue weighted by molar-refractivity contribution is 8.01. The molecule has 1 unspecified atom stereocenters. The first-order chi connectivity index (χ1) is 16.2. The van der Waals surface area contributed by atoms with Crippen LogP contribution in [0.2, 0.25) is 0 Å². The zero-order valence-corrected chi connectivity index (χ0v) is 19.2. The molecule has 2 heterocycles. The second kappa shape index (κ2) is 9.12. The molecule has 0 N–H and O–H groups in total. The lowest BCUT2D eigenvalue weighted by Crippen LogP contribution is -2.39. The van der Waals surface area contributed by atoms with Crippen molar-refractivity contribution in [1.29, 1.82) is 0 Å². The Morgan fingerprint density at radius 3 is 2.27 bits per heavy atom. The minimum atomic E-state index is -0.758. The first-order valence-corrected chi connectivity index (χ1v) is 11.7. The number of carbonyl (C=O) groups is 1. The number of para-hydroxylation sites is 1. The average Bonchev–Trinajstić information content (AvgIpc) is 3.08. The molecule has 1 aliphatic heterocycles. The normalized spacial score (nSPS) is 17.1. The Kier molecular flexibility index (Phi) is 5.88. The van der Waals surface area contributed by atoms with Crippen LogP contribution in [-0.2, 0) is 22.5 Å². The summed E-state index contributed by atoms with van der Waals surface area (Å²) in [4.78, 5) is 21.4. The molecule has 0 spiro atoms. The van der Waals surface area contributed by atoms with E-state index in [1.165, 1.54) is 0 Å². The molecule has 1 aliphatic rings. The molecular weight excluding hydrogens is 428 g/mol. The highest BCUT2D eigenvalue weighted by Gasteiger charge is 2.51. The Hall–Kier alpha value is -3.57. The largest absolute Gasteiger partial charge is 0.497 e. The first-order valence-electron chi connectivity index (χ1n) is 10.9. The number of nitrogens with zero attached hydrogens (tertiary/aromatic N) is 2. The van der Waals surface area contributed by atoms with Gasteiger partial charge in [0.25, 0.3) is 0 Å². The van der Waals surface area contributed by atoms with E-state index in [1.54, 1.807) is 31.3 Å². The number of anilines is 1. The standard InChI is InChI=1S/C28H24N2O2S/c1-32-23-13-11-22(12-14-23)20-30-26-10-6-5-9-25(26)28(27(30)31,19-21-15-17-29-18-16-21)33-24-7-3-2-4-8-24/h2-18H,19-20H2,1H3. The number of aromatic nitrogens is 1. The van der Waals surface area contributed by atoms with Crippen LogP contribution in [-0.4, -0.2) is 18.0 Å². The summed E-state index contributed by atoms with van der Waals surface area (Å²) in [5.41, 5.74) is 4.16. The van der Waals surface area contributed by atoms with Gasteiger partial charge in [-0.3, -0.25) is 9.78 Å². The number of methoxy groups -OCH3 is 1. The van der Waals surface area contributed by atoms with Gasteiger partial charge in [-0.05, 0) is 53.6 Å². The summed E-state index contributed by atoms with van der Waals surface area (Å²) in [6.45, 7) is 0.507. The topological polar surface area (TPSA) is 42.4 Å². The predicted molar refractivity (Wildman–Crippen MR) is 133 cm³/mol. The molecule has 0 aliphatic carbocycles. The molecule has 164 valence electrons. The molecular formula is C28H24N2O2S. The lowest BCUT2D eigenvalue weighted by Gasteiger charge is -2.29. The molecule has 4 nitrogen and oxygen atoms in total. The second-order valence-corrected chi connectivity index (χ2v) is 9.40. The van der Waals surface area contributed by atoms with Crippen molar-refractivity contribution in [3.05, 3.63) is 120 Å². The van der Waals surface area contributed by atoms with Crippen LogP contribution in [0.5, 0.6) is 5.75 Å². The van der Waals surface area contributed by atoms with Crippen LogP contribution in [0.4, 0.5) is 5.69 Å². The Morgan fingerprint density at radius 2 is 1.55 bits per heavy atom. The van der Waals surface area contributed by atoms with Crippen LogP contribution in [0.15, 0.2) is 108 Å². The Balaban J connectivity index is 1.59. The monoisotopic (exact) mass is 452 g/mol. The highest BCUT2D eigenvalue weighted by Crippen LogP contribution is 2.53. The van der Waals surface area contributed by atoms with E-state index < -0.39 is 4.75 Å². The van der Waals surface area contributed by atoms with Gasteiger partial charge >= 0.3 is 0 Å². The highest BCUT2D eigenvalue weighted by atomic mass is 32.2. The van der Waals surface area contributed by atoms with E-state index in [2.05, 4.69) is 29.2 Å². The van der Waals surface area contributed by atoms with Gasteiger partial charge in [0.05, 0.1) is 13.7 Å². The van der Waals surface area contributed by atoms with Gasteiger partial charge in [0.15, 0.2) is 0 Å². The maximum absolute atomic E-state index is 14.3. The molecule has 1 amide bonds. The zero-order valence-electron chi connectivity index (χ0n) is 18.3. The third-order valence-electron chi connectivity index (χ3n) is 5.96. The molecule has 0 radical (unpaired) electrons. The zero-order chi connectivity index (χ0) is 22.7. The summed E-state index contributed by atoms with van der Waals surface area (Å²) >= 11 is 1.63. The van der Waals surface area contributed by atoms with Gasteiger partial charge in [-0.15, -0.1) is 11.8 Å². The van der Waals surface area contributed by atoms with E-state index >= 15 is 0 Å². The number of hydrogen-bond donors (Lipinski definition) is 0. The third-order valence-corrected chi connectivity index (χ3v) is 7.35. The van der Waals surface area contributed by atoms with Crippen LogP contribution in [0.1, 0.15) is 16.7 Å². The van der Waals surface area contributed by atoms with Crippen LogP contribution in [0, 0.1) is 0 Å². The van der Waals surface area contributed by atoms with Gasteiger partial charge in [-0.25, -0.2) is 0 Å². The molecule has 5 rings (SSSR count). The minimum absolute atomic E-state index is 0.102. The second-order valence-electron chi connectivity index (χ2n) is 8.03. The molecule has 33 heavy (non-hydrogen) atoms. The van der Waals surface area contributed by atoms with Gasteiger partial charge in [0.2, 0.25) is 5.91 Å². The van der Waals surface area contributed by atoms with Crippen molar-refractivity contribution in [2.24, 2.45) is 0 Å². The van der Waals surface area contributed by atoms with Gasteiger partial charge in [-0.2, -0.15) is 0 Å². The molecule has 0 saturated heterocycles. The van der Waals surface area contributed by atoms with Crippen LogP contribution in [0.3, 0.4) is 0 Å². The summed E-state index contributed by atoms with van der Waals surface area (Å²) < 4.78 is 4.54. The van der Waals surface area contributed by atoms with E-state index in [-0.39, 0.29) is 5.91 Å². The fourth-order valence-corrected chi connectivity index (χ4v) is 5.76.